The molecular weight excluding hydrogens is 222 g/mol. The van der Waals surface area contributed by atoms with Crippen molar-refractivity contribution in [1.82, 2.24) is 14.9 Å². The second-order valence-corrected chi connectivity index (χ2v) is 6.00. The van der Waals surface area contributed by atoms with Crippen molar-refractivity contribution in [2.45, 2.75) is 32.4 Å². The molecule has 0 bridgehead atoms. The second-order valence-electron chi connectivity index (χ2n) is 4.13. The maximum absolute atomic E-state index is 11.2. The van der Waals surface area contributed by atoms with Gasteiger partial charge in [-0.25, -0.2) is 4.98 Å². The third-order valence-electron chi connectivity index (χ3n) is 2.82. The SMILES string of the molecule is CCS(=O)CCNCc1cncn1C1CC1. The summed E-state index contributed by atoms with van der Waals surface area (Å²) in [4.78, 5) is 4.18. The van der Waals surface area contributed by atoms with E-state index in [1.807, 2.05) is 19.4 Å². The van der Waals surface area contributed by atoms with Crippen LogP contribution >= 0.6 is 0 Å². The minimum Gasteiger partial charge on any atom is -0.330 e. The maximum Gasteiger partial charge on any atom is 0.0951 e. The van der Waals surface area contributed by atoms with Gasteiger partial charge < -0.3 is 9.88 Å². The van der Waals surface area contributed by atoms with Crippen LogP contribution in [-0.4, -0.2) is 31.8 Å². The van der Waals surface area contributed by atoms with E-state index in [1.54, 1.807) is 0 Å². The Morgan fingerprint density at radius 1 is 1.62 bits per heavy atom. The van der Waals surface area contributed by atoms with Crippen molar-refractivity contribution in [1.29, 1.82) is 0 Å². The predicted molar refractivity (Wildman–Crippen MR) is 65.8 cm³/mol. The van der Waals surface area contributed by atoms with E-state index < -0.39 is 10.8 Å². The molecule has 4 nitrogen and oxygen atoms in total. The molecule has 1 saturated carbocycles. The molecule has 5 heteroatoms. The van der Waals surface area contributed by atoms with Gasteiger partial charge in [-0.3, -0.25) is 4.21 Å². The number of imidazole rings is 1. The molecule has 16 heavy (non-hydrogen) atoms. The summed E-state index contributed by atoms with van der Waals surface area (Å²) in [5.74, 6) is 1.50. The van der Waals surface area contributed by atoms with E-state index in [-0.39, 0.29) is 0 Å². The third-order valence-corrected chi connectivity index (χ3v) is 4.12. The molecule has 0 spiro atoms. The fraction of sp³-hybridized carbons (Fsp3) is 0.727. The standard InChI is InChI=1S/C11H19N3OS/c1-2-16(15)6-5-12-7-11-8-13-9-14(11)10-3-4-10/h8-10,12H,2-7H2,1H3. The molecule has 0 saturated heterocycles. The number of aromatic nitrogens is 2. The molecule has 0 aromatic carbocycles. The molecule has 1 aromatic rings. The van der Waals surface area contributed by atoms with Crippen LogP contribution in [0.4, 0.5) is 0 Å². The van der Waals surface area contributed by atoms with Gasteiger partial charge in [0.1, 0.15) is 0 Å². The van der Waals surface area contributed by atoms with Crippen LogP contribution in [0.15, 0.2) is 12.5 Å². The Labute approximate surface area is 98.9 Å². The molecular formula is C11H19N3OS. The lowest BCUT2D eigenvalue weighted by molar-refractivity contribution is 0.632. The first-order valence-electron chi connectivity index (χ1n) is 5.87. The van der Waals surface area contributed by atoms with E-state index in [0.29, 0.717) is 6.04 Å². The predicted octanol–water partition coefficient (Wildman–Crippen LogP) is 1.08. The normalized spacial score (nSPS) is 17.6. The van der Waals surface area contributed by atoms with Crippen LogP contribution < -0.4 is 5.32 Å². The van der Waals surface area contributed by atoms with Crippen LogP contribution in [0.1, 0.15) is 31.5 Å². The van der Waals surface area contributed by atoms with Crippen LogP contribution in [-0.2, 0) is 17.3 Å². The van der Waals surface area contributed by atoms with Crippen molar-refractivity contribution in [3.63, 3.8) is 0 Å². The minimum atomic E-state index is -0.662. The summed E-state index contributed by atoms with van der Waals surface area (Å²) in [6.45, 7) is 3.60. The summed E-state index contributed by atoms with van der Waals surface area (Å²) in [5, 5.41) is 3.32. The van der Waals surface area contributed by atoms with E-state index in [4.69, 9.17) is 0 Å². The van der Waals surface area contributed by atoms with Crippen LogP contribution in [0.25, 0.3) is 0 Å². The summed E-state index contributed by atoms with van der Waals surface area (Å²) >= 11 is 0. The maximum atomic E-state index is 11.2. The van der Waals surface area contributed by atoms with Gasteiger partial charge in [0.15, 0.2) is 0 Å². The van der Waals surface area contributed by atoms with Gasteiger partial charge >= 0.3 is 0 Å². The lowest BCUT2D eigenvalue weighted by Gasteiger charge is -2.07. The molecule has 0 amide bonds. The zero-order valence-electron chi connectivity index (χ0n) is 9.69. The van der Waals surface area contributed by atoms with Gasteiger partial charge in [0, 0.05) is 47.6 Å². The van der Waals surface area contributed by atoms with Gasteiger partial charge in [-0.1, -0.05) is 6.92 Å². The highest BCUT2D eigenvalue weighted by atomic mass is 32.2. The van der Waals surface area contributed by atoms with Gasteiger partial charge in [-0.15, -0.1) is 0 Å². The molecule has 1 heterocycles. The first-order chi connectivity index (χ1) is 7.81. The van der Waals surface area contributed by atoms with Crippen molar-refractivity contribution in [3.05, 3.63) is 18.2 Å². The molecule has 1 N–H and O–H groups in total. The molecule has 90 valence electrons. The Kier molecular flexibility index (Phi) is 4.12. The topological polar surface area (TPSA) is 46.9 Å². The Morgan fingerprint density at radius 3 is 3.12 bits per heavy atom. The average Bonchev–Trinajstić information content (AvgIpc) is 3.04. The van der Waals surface area contributed by atoms with Gasteiger partial charge in [-0.05, 0) is 12.8 Å². The zero-order valence-corrected chi connectivity index (χ0v) is 10.5. The van der Waals surface area contributed by atoms with Crippen LogP contribution in [0.3, 0.4) is 0 Å². The molecule has 0 aliphatic heterocycles. The highest BCUT2D eigenvalue weighted by Crippen LogP contribution is 2.35. The number of hydrogen-bond donors (Lipinski definition) is 1. The molecule has 1 unspecified atom stereocenters. The number of nitrogens with one attached hydrogen (secondary N) is 1. The Bertz CT molecular complexity index is 360. The lowest BCUT2D eigenvalue weighted by Crippen LogP contribution is -2.22. The summed E-state index contributed by atoms with van der Waals surface area (Å²) in [6, 6.07) is 0.684. The highest BCUT2D eigenvalue weighted by molar-refractivity contribution is 7.84. The molecule has 2 rings (SSSR count). The molecule has 1 fully saturated rings. The van der Waals surface area contributed by atoms with E-state index in [1.165, 1.54) is 18.5 Å². The quantitative estimate of drug-likeness (QED) is 0.727. The van der Waals surface area contributed by atoms with Gasteiger partial charge in [0.05, 0.1) is 12.0 Å². The first kappa shape index (κ1) is 11.8. The Morgan fingerprint density at radius 2 is 2.44 bits per heavy atom. The smallest absolute Gasteiger partial charge is 0.0951 e. The zero-order chi connectivity index (χ0) is 11.4. The van der Waals surface area contributed by atoms with Gasteiger partial charge in [0.2, 0.25) is 0 Å². The van der Waals surface area contributed by atoms with E-state index in [9.17, 15) is 4.21 Å². The van der Waals surface area contributed by atoms with Crippen molar-refractivity contribution >= 4 is 10.8 Å². The van der Waals surface area contributed by atoms with Crippen molar-refractivity contribution in [2.24, 2.45) is 0 Å². The van der Waals surface area contributed by atoms with Crippen molar-refractivity contribution in [2.75, 3.05) is 18.1 Å². The summed E-state index contributed by atoms with van der Waals surface area (Å²) in [7, 11) is -0.662. The number of rotatable bonds is 7. The summed E-state index contributed by atoms with van der Waals surface area (Å²) in [6.07, 6.45) is 6.40. The van der Waals surface area contributed by atoms with Gasteiger partial charge in [0.25, 0.3) is 0 Å². The highest BCUT2D eigenvalue weighted by Gasteiger charge is 2.24. The molecule has 1 aliphatic carbocycles. The lowest BCUT2D eigenvalue weighted by atomic mass is 10.4. The number of hydrogen-bond acceptors (Lipinski definition) is 3. The van der Waals surface area contributed by atoms with Crippen LogP contribution in [0.2, 0.25) is 0 Å². The van der Waals surface area contributed by atoms with Gasteiger partial charge in [-0.2, -0.15) is 0 Å². The van der Waals surface area contributed by atoms with Crippen LogP contribution in [0.5, 0.6) is 0 Å². The fourth-order valence-electron chi connectivity index (χ4n) is 1.70. The van der Waals surface area contributed by atoms with Crippen LogP contribution in [0, 0.1) is 0 Å². The monoisotopic (exact) mass is 241 g/mol. The minimum absolute atomic E-state index is 0.662. The first-order valence-corrected chi connectivity index (χ1v) is 7.36. The van der Waals surface area contributed by atoms with E-state index in [0.717, 1.165) is 24.6 Å². The molecule has 1 aromatic heterocycles. The molecule has 1 atom stereocenters. The van der Waals surface area contributed by atoms with Crippen molar-refractivity contribution in [3.8, 4) is 0 Å². The second kappa shape index (κ2) is 5.59. The van der Waals surface area contributed by atoms with E-state index in [2.05, 4.69) is 14.9 Å². The average molecular weight is 241 g/mol. The summed E-state index contributed by atoms with van der Waals surface area (Å²) < 4.78 is 13.5. The Hall–Kier alpha value is -0.680. The van der Waals surface area contributed by atoms with Crippen molar-refractivity contribution < 1.29 is 4.21 Å². The Balaban J connectivity index is 1.72. The van der Waals surface area contributed by atoms with E-state index >= 15 is 0 Å². The third kappa shape index (κ3) is 3.15. The summed E-state index contributed by atoms with van der Waals surface area (Å²) in [5.41, 5.74) is 1.24. The molecule has 1 aliphatic rings. The molecule has 0 radical (unpaired) electrons. The number of nitrogens with zero attached hydrogens (tertiary/aromatic N) is 2. The largest absolute Gasteiger partial charge is 0.330 e. The fourth-order valence-corrected chi connectivity index (χ4v) is 2.36.